The average molecular weight is 466 g/mol. The summed E-state index contributed by atoms with van der Waals surface area (Å²) < 4.78 is 49.5. The number of alkyl halides is 3. The largest absolute Gasteiger partial charge is 0.493 e. The molecule has 4 heterocycles. The summed E-state index contributed by atoms with van der Waals surface area (Å²) in [5, 5.41) is 4.46. The van der Waals surface area contributed by atoms with E-state index in [0.717, 1.165) is 17.3 Å². The van der Waals surface area contributed by atoms with Crippen molar-refractivity contribution in [1.82, 2.24) is 29.3 Å². The fourth-order valence-corrected chi connectivity index (χ4v) is 4.19. The zero-order chi connectivity index (χ0) is 23.9. The van der Waals surface area contributed by atoms with Gasteiger partial charge >= 0.3 is 6.18 Å². The highest BCUT2D eigenvalue weighted by molar-refractivity contribution is 5.67. The molecular weight excluding hydrogens is 445 g/mol. The first kappa shape index (κ1) is 21.9. The SMILES string of the molecule is COc1cc(/C=C/c2nc3n(n2)CC[C@H]3c2ccccc2C(F)(F)F)cnc1-n1cnc(C)c1. The molecule has 0 aliphatic carbocycles. The molecule has 1 aliphatic rings. The Kier molecular flexibility index (Phi) is 5.43. The summed E-state index contributed by atoms with van der Waals surface area (Å²) in [5.74, 6) is 1.71. The van der Waals surface area contributed by atoms with E-state index in [0.29, 0.717) is 36.2 Å². The summed E-state index contributed by atoms with van der Waals surface area (Å²) in [6, 6.07) is 7.50. The summed E-state index contributed by atoms with van der Waals surface area (Å²) >= 11 is 0. The van der Waals surface area contributed by atoms with Gasteiger partial charge < -0.3 is 4.74 Å². The van der Waals surface area contributed by atoms with Crippen molar-refractivity contribution < 1.29 is 17.9 Å². The van der Waals surface area contributed by atoms with Crippen LogP contribution in [0.3, 0.4) is 0 Å². The molecule has 0 unspecified atom stereocenters. The Morgan fingerprint density at radius 1 is 1.15 bits per heavy atom. The van der Waals surface area contributed by atoms with E-state index in [-0.39, 0.29) is 5.56 Å². The molecule has 0 amide bonds. The number of benzene rings is 1. The van der Waals surface area contributed by atoms with Crippen LogP contribution in [0.15, 0.2) is 49.1 Å². The molecule has 1 atom stereocenters. The molecule has 10 heteroatoms. The van der Waals surface area contributed by atoms with Crippen molar-refractivity contribution >= 4 is 12.2 Å². The van der Waals surface area contributed by atoms with Crippen molar-refractivity contribution in [1.29, 1.82) is 0 Å². The second-order valence-corrected chi connectivity index (χ2v) is 8.03. The van der Waals surface area contributed by atoms with Gasteiger partial charge in [0.15, 0.2) is 17.4 Å². The van der Waals surface area contributed by atoms with Crippen molar-refractivity contribution in [2.45, 2.75) is 32.0 Å². The Morgan fingerprint density at radius 2 is 1.97 bits per heavy atom. The van der Waals surface area contributed by atoms with Crippen LogP contribution in [0.2, 0.25) is 0 Å². The lowest BCUT2D eigenvalue weighted by Gasteiger charge is -2.16. The van der Waals surface area contributed by atoms with E-state index < -0.39 is 17.7 Å². The quantitative estimate of drug-likeness (QED) is 0.418. The van der Waals surface area contributed by atoms with Crippen molar-refractivity contribution in [2.75, 3.05) is 7.11 Å². The summed E-state index contributed by atoms with van der Waals surface area (Å²) in [6.07, 6.45) is 4.83. The zero-order valence-corrected chi connectivity index (χ0v) is 18.5. The van der Waals surface area contributed by atoms with Gasteiger partial charge in [-0.05, 0) is 48.8 Å². The maximum absolute atomic E-state index is 13.5. The predicted octanol–water partition coefficient (Wildman–Crippen LogP) is 4.90. The van der Waals surface area contributed by atoms with Crippen LogP contribution in [-0.2, 0) is 12.7 Å². The molecule has 0 spiro atoms. The van der Waals surface area contributed by atoms with Gasteiger partial charge in [-0.3, -0.25) is 4.57 Å². The number of imidazole rings is 1. The van der Waals surface area contributed by atoms with Gasteiger partial charge in [-0.25, -0.2) is 19.6 Å². The molecule has 0 saturated carbocycles. The maximum atomic E-state index is 13.5. The van der Waals surface area contributed by atoms with E-state index in [1.807, 2.05) is 19.2 Å². The predicted molar refractivity (Wildman–Crippen MR) is 120 cm³/mol. The number of aryl methyl sites for hydroxylation is 2. The third-order valence-corrected chi connectivity index (χ3v) is 5.75. The van der Waals surface area contributed by atoms with E-state index in [4.69, 9.17) is 4.74 Å². The monoisotopic (exact) mass is 466 g/mol. The number of ether oxygens (including phenoxy) is 1. The van der Waals surface area contributed by atoms with Crippen LogP contribution in [0.5, 0.6) is 5.75 Å². The molecule has 0 fully saturated rings. The molecule has 1 aromatic carbocycles. The topological polar surface area (TPSA) is 70.7 Å². The number of hydrogen-bond acceptors (Lipinski definition) is 5. The number of nitrogens with zero attached hydrogens (tertiary/aromatic N) is 6. The second-order valence-electron chi connectivity index (χ2n) is 8.03. The van der Waals surface area contributed by atoms with E-state index in [2.05, 4.69) is 20.1 Å². The Labute approximate surface area is 193 Å². The van der Waals surface area contributed by atoms with E-state index in [9.17, 15) is 13.2 Å². The van der Waals surface area contributed by atoms with Crippen LogP contribution in [0, 0.1) is 6.92 Å². The number of halogens is 3. The average Bonchev–Trinajstić information content (AvgIpc) is 3.52. The molecule has 0 radical (unpaired) electrons. The first-order valence-electron chi connectivity index (χ1n) is 10.7. The van der Waals surface area contributed by atoms with Gasteiger partial charge in [-0.15, -0.1) is 0 Å². The Hall–Kier alpha value is -3.95. The third-order valence-electron chi connectivity index (χ3n) is 5.75. The summed E-state index contributed by atoms with van der Waals surface area (Å²) in [7, 11) is 1.57. The normalized spacial score (nSPS) is 15.7. The smallest absolute Gasteiger partial charge is 0.416 e. The minimum atomic E-state index is -4.42. The van der Waals surface area contributed by atoms with Crippen molar-refractivity contribution in [3.63, 3.8) is 0 Å². The summed E-state index contributed by atoms with van der Waals surface area (Å²) in [4.78, 5) is 13.2. The van der Waals surface area contributed by atoms with Crippen LogP contribution >= 0.6 is 0 Å². The van der Waals surface area contributed by atoms with E-state index in [1.54, 1.807) is 47.1 Å². The minimum Gasteiger partial charge on any atom is -0.493 e. The highest BCUT2D eigenvalue weighted by atomic mass is 19.4. The Balaban J connectivity index is 1.41. The van der Waals surface area contributed by atoms with Crippen molar-refractivity contribution in [3.8, 4) is 11.6 Å². The molecule has 0 N–H and O–H groups in total. The first-order valence-corrected chi connectivity index (χ1v) is 10.7. The molecule has 174 valence electrons. The lowest BCUT2D eigenvalue weighted by Crippen LogP contribution is -2.12. The second kappa shape index (κ2) is 8.44. The van der Waals surface area contributed by atoms with Gasteiger partial charge in [-0.2, -0.15) is 18.3 Å². The van der Waals surface area contributed by atoms with Crippen LogP contribution in [-0.4, -0.2) is 36.4 Å². The number of fused-ring (bicyclic) bond motifs is 1. The maximum Gasteiger partial charge on any atom is 0.416 e. The van der Waals surface area contributed by atoms with Crippen LogP contribution < -0.4 is 4.74 Å². The van der Waals surface area contributed by atoms with Gasteiger partial charge in [0, 0.05) is 24.9 Å². The Bertz CT molecular complexity index is 1370. The highest BCUT2D eigenvalue weighted by Gasteiger charge is 2.38. The molecule has 3 aromatic heterocycles. The van der Waals surface area contributed by atoms with Crippen LogP contribution in [0.4, 0.5) is 13.2 Å². The number of hydrogen-bond donors (Lipinski definition) is 0. The Morgan fingerprint density at radius 3 is 2.71 bits per heavy atom. The van der Waals surface area contributed by atoms with Gasteiger partial charge in [-0.1, -0.05) is 18.2 Å². The third kappa shape index (κ3) is 4.07. The number of methoxy groups -OCH3 is 1. The molecule has 4 aromatic rings. The van der Waals surface area contributed by atoms with Crippen LogP contribution in [0.1, 0.15) is 46.4 Å². The number of aromatic nitrogens is 6. The molecule has 5 rings (SSSR count). The number of pyridine rings is 1. The van der Waals surface area contributed by atoms with E-state index >= 15 is 0 Å². The molecule has 34 heavy (non-hydrogen) atoms. The minimum absolute atomic E-state index is 0.232. The van der Waals surface area contributed by atoms with Crippen LogP contribution in [0.25, 0.3) is 18.0 Å². The molecule has 7 nitrogen and oxygen atoms in total. The molecule has 0 bridgehead atoms. The summed E-state index contributed by atoms with van der Waals surface area (Å²) in [6.45, 7) is 2.41. The van der Waals surface area contributed by atoms with E-state index in [1.165, 1.54) is 12.1 Å². The fourth-order valence-electron chi connectivity index (χ4n) is 4.19. The zero-order valence-electron chi connectivity index (χ0n) is 18.5. The van der Waals surface area contributed by atoms with Crippen molar-refractivity contribution in [2.24, 2.45) is 0 Å². The molecule has 1 aliphatic heterocycles. The van der Waals surface area contributed by atoms with Gasteiger partial charge in [0.1, 0.15) is 12.2 Å². The highest BCUT2D eigenvalue weighted by Crippen LogP contribution is 2.40. The van der Waals surface area contributed by atoms with Gasteiger partial charge in [0.05, 0.1) is 18.4 Å². The lowest BCUT2D eigenvalue weighted by atomic mass is 9.92. The standard InChI is InChI=1S/C24H21F3N6O/c1-15-13-32(14-29-15)23-20(34-2)11-16(12-28-23)7-8-21-30-22-18(9-10-33(22)31-21)17-5-3-4-6-19(17)24(25,26)27/h3-8,11-14,18H,9-10H2,1-2H3/b8-7+/t18-/m0/s1. The molecular formula is C24H21F3N6O. The number of rotatable bonds is 5. The summed E-state index contributed by atoms with van der Waals surface area (Å²) in [5.41, 5.74) is 1.24. The first-order chi connectivity index (χ1) is 16.3. The van der Waals surface area contributed by atoms with Crippen molar-refractivity contribution in [3.05, 3.63) is 83.1 Å². The fraction of sp³-hybridized carbons (Fsp3) is 0.250. The lowest BCUT2D eigenvalue weighted by molar-refractivity contribution is -0.138. The van der Waals surface area contributed by atoms with Gasteiger partial charge in [0.2, 0.25) is 0 Å². The van der Waals surface area contributed by atoms with Gasteiger partial charge in [0.25, 0.3) is 0 Å². The molecule has 0 saturated heterocycles.